The van der Waals surface area contributed by atoms with Gasteiger partial charge >= 0.3 is 0 Å². The molecule has 0 atom stereocenters. The molecular weight excluding hydrogens is 106 g/mol. The number of hydrogen-bond donors (Lipinski definition) is 2. The van der Waals surface area contributed by atoms with Crippen molar-refractivity contribution >= 4 is 5.95 Å². The Kier molecular flexibility index (Phi) is 1.41. The van der Waals surface area contributed by atoms with Gasteiger partial charge in [0.05, 0.1) is 0 Å². The van der Waals surface area contributed by atoms with Gasteiger partial charge in [-0.2, -0.15) is 0 Å². The Balaban J connectivity index is 2.50. The molecule has 0 saturated heterocycles. The van der Waals surface area contributed by atoms with Gasteiger partial charge in [-0.25, -0.2) is 5.10 Å². The van der Waals surface area contributed by atoms with Crippen molar-refractivity contribution in [3.8, 4) is 0 Å². The molecule has 0 bridgehead atoms. The van der Waals surface area contributed by atoms with Crippen LogP contribution in [0.2, 0.25) is 0 Å². The minimum absolute atomic E-state index is 0.556. The number of nitrogens with zero attached hydrogens (tertiary/aromatic N) is 3. The molecule has 0 aliphatic heterocycles. The van der Waals surface area contributed by atoms with E-state index in [1.165, 1.54) is 0 Å². The number of aromatic amines is 1. The molecule has 5 heteroatoms. The summed E-state index contributed by atoms with van der Waals surface area (Å²) in [5.41, 5.74) is 0. The number of hydrogen-bond acceptors (Lipinski definition) is 4. The predicted molar refractivity (Wildman–Crippen MR) is 28.0 cm³/mol. The van der Waals surface area contributed by atoms with E-state index in [4.69, 9.17) is 0 Å². The van der Waals surface area contributed by atoms with Gasteiger partial charge in [-0.3, -0.25) is 0 Å². The van der Waals surface area contributed by atoms with Gasteiger partial charge in [-0.15, -0.1) is 0 Å². The normalized spacial score (nSPS) is 9.12. The van der Waals surface area contributed by atoms with Crippen LogP contribution in [0.15, 0.2) is 0 Å². The lowest BCUT2D eigenvalue weighted by molar-refractivity contribution is 0.881. The summed E-state index contributed by atoms with van der Waals surface area (Å²) in [7, 11) is 0. The third-order valence-corrected chi connectivity index (χ3v) is 0.638. The summed E-state index contributed by atoms with van der Waals surface area (Å²) in [6.45, 7) is 4.11. The van der Waals surface area contributed by atoms with E-state index in [9.17, 15) is 0 Å². The molecule has 5 nitrogen and oxygen atoms in total. The standard InChI is InChI=1S/C3H6N5/c1-2-4-3-5-7-8-6-3/h1-2H2,(H2,4,5,6,7,8). The third-order valence-electron chi connectivity index (χ3n) is 0.638. The van der Waals surface area contributed by atoms with Crippen molar-refractivity contribution in [3.63, 3.8) is 0 Å². The maximum absolute atomic E-state index is 3.54. The number of nitrogens with one attached hydrogen (secondary N) is 2. The molecule has 1 rings (SSSR count). The molecule has 1 heterocycles. The SMILES string of the molecule is [CH2]CNc1nnn[nH]1. The molecule has 0 spiro atoms. The van der Waals surface area contributed by atoms with Gasteiger partial charge in [-0.1, -0.05) is 5.10 Å². The lowest BCUT2D eigenvalue weighted by atomic mass is 10.7. The number of tetrazole rings is 1. The van der Waals surface area contributed by atoms with Crippen molar-refractivity contribution in [2.75, 3.05) is 11.9 Å². The molecule has 0 fully saturated rings. The van der Waals surface area contributed by atoms with Crippen LogP contribution in [0.4, 0.5) is 5.95 Å². The maximum atomic E-state index is 3.54. The van der Waals surface area contributed by atoms with Crippen molar-refractivity contribution < 1.29 is 0 Å². The van der Waals surface area contributed by atoms with Crippen LogP contribution < -0.4 is 5.32 Å². The fourth-order valence-corrected chi connectivity index (χ4v) is 0.352. The molecule has 2 N–H and O–H groups in total. The summed E-state index contributed by atoms with van der Waals surface area (Å²) < 4.78 is 0. The van der Waals surface area contributed by atoms with Crippen molar-refractivity contribution in [1.29, 1.82) is 0 Å². The van der Waals surface area contributed by atoms with Gasteiger partial charge in [0.15, 0.2) is 0 Å². The smallest absolute Gasteiger partial charge is 0.240 e. The van der Waals surface area contributed by atoms with E-state index in [2.05, 4.69) is 32.9 Å². The summed E-state index contributed by atoms with van der Waals surface area (Å²) >= 11 is 0. The van der Waals surface area contributed by atoms with Crippen LogP contribution in [0.1, 0.15) is 0 Å². The molecule has 43 valence electrons. The molecule has 0 aliphatic carbocycles. The zero-order chi connectivity index (χ0) is 5.82. The Morgan fingerprint density at radius 1 is 1.75 bits per heavy atom. The Labute approximate surface area is 46.5 Å². The van der Waals surface area contributed by atoms with E-state index >= 15 is 0 Å². The van der Waals surface area contributed by atoms with Crippen LogP contribution >= 0.6 is 0 Å². The highest BCUT2D eigenvalue weighted by molar-refractivity contribution is 5.18. The van der Waals surface area contributed by atoms with Crippen molar-refractivity contribution in [1.82, 2.24) is 20.6 Å². The Morgan fingerprint density at radius 2 is 2.62 bits per heavy atom. The van der Waals surface area contributed by atoms with E-state index in [0.29, 0.717) is 12.5 Å². The lowest BCUT2D eigenvalue weighted by Crippen LogP contribution is -1.97. The molecule has 0 unspecified atom stereocenters. The zero-order valence-corrected chi connectivity index (χ0v) is 4.26. The van der Waals surface area contributed by atoms with Crippen molar-refractivity contribution in [2.45, 2.75) is 0 Å². The van der Waals surface area contributed by atoms with E-state index in [-0.39, 0.29) is 0 Å². The predicted octanol–water partition coefficient (Wildman–Crippen LogP) is -0.554. The summed E-state index contributed by atoms with van der Waals surface area (Å²) in [6.07, 6.45) is 0. The summed E-state index contributed by atoms with van der Waals surface area (Å²) in [4.78, 5) is 0. The van der Waals surface area contributed by atoms with E-state index < -0.39 is 0 Å². The Morgan fingerprint density at radius 3 is 3.12 bits per heavy atom. The molecule has 0 saturated carbocycles. The second-order valence-corrected chi connectivity index (χ2v) is 1.18. The van der Waals surface area contributed by atoms with E-state index in [1.807, 2.05) is 0 Å². The van der Waals surface area contributed by atoms with Crippen LogP contribution in [0.5, 0.6) is 0 Å². The number of anilines is 1. The third kappa shape index (κ3) is 0.927. The van der Waals surface area contributed by atoms with Gasteiger partial charge in [0, 0.05) is 6.54 Å². The molecule has 0 aliphatic rings. The summed E-state index contributed by atoms with van der Waals surface area (Å²) in [6, 6.07) is 0. The zero-order valence-electron chi connectivity index (χ0n) is 4.26. The van der Waals surface area contributed by atoms with Gasteiger partial charge in [0.25, 0.3) is 0 Å². The minimum atomic E-state index is 0.556. The molecule has 1 radical (unpaired) electrons. The number of rotatable bonds is 2. The quantitative estimate of drug-likeness (QED) is 0.538. The first-order valence-corrected chi connectivity index (χ1v) is 2.20. The second-order valence-electron chi connectivity index (χ2n) is 1.18. The minimum Gasteiger partial charge on any atom is -0.353 e. The molecule has 1 aromatic rings. The summed E-state index contributed by atoms with van der Waals surface area (Å²) in [5, 5.41) is 15.5. The van der Waals surface area contributed by atoms with Crippen LogP contribution in [-0.4, -0.2) is 27.2 Å². The highest BCUT2D eigenvalue weighted by atomic mass is 15.5. The average Bonchev–Trinajstić information content (AvgIpc) is 2.19. The first-order valence-electron chi connectivity index (χ1n) is 2.20. The monoisotopic (exact) mass is 112 g/mol. The Bertz CT molecular complexity index is 133. The van der Waals surface area contributed by atoms with Crippen molar-refractivity contribution in [3.05, 3.63) is 6.92 Å². The van der Waals surface area contributed by atoms with Crippen LogP contribution in [-0.2, 0) is 0 Å². The lowest BCUT2D eigenvalue weighted by Gasteiger charge is -1.89. The molecule has 1 aromatic heterocycles. The first kappa shape index (κ1) is 5.02. The molecule has 8 heavy (non-hydrogen) atoms. The first-order chi connectivity index (χ1) is 3.93. The van der Waals surface area contributed by atoms with Gasteiger partial charge in [0.1, 0.15) is 0 Å². The average molecular weight is 112 g/mol. The fourth-order valence-electron chi connectivity index (χ4n) is 0.352. The Hall–Kier alpha value is -1.13. The molecule has 0 amide bonds. The topological polar surface area (TPSA) is 66.5 Å². The highest BCUT2D eigenvalue weighted by Crippen LogP contribution is 1.85. The van der Waals surface area contributed by atoms with E-state index in [1.54, 1.807) is 0 Å². The second kappa shape index (κ2) is 2.25. The van der Waals surface area contributed by atoms with Gasteiger partial charge in [0.2, 0.25) is 5.95 Å². The highest BCUT2D eigenvalue weighted by Gasteiger charge is 1.87. The molecule has 0 aromatic carbocycles. The summed E-state index contributed by atoms with van der Waals surface area (Å²) in [5.74, 6) is 0.556. The number of aromatic nitrogens is 4. The molecular formula is C3H6N5. The fraction of sp³-hybridized carbons (Fsp3) is 0.333. The van der Waals surface area contributed by atoms with Crippen LogP contribution in [0.25, 0.3) is 0 Å². The van der Waals surface area contributed by atoms with Gasteiger partial charge < -0.3 is 5.32 Å². The van der Waals surface area contributed by atoms with Crippen LogP contribution in [0, 0.1) is 6.92 Å². The number of H-pyrrole nitrogens is 1. The largest absolute Gasteiger partial charge is 0.353 e. The maximum Gasteiger partial charge on any atom is 0.240 e. The van der Waals surface area contributed by atoms with Crippen LogP contribution in [0.3, 0.4) is 0 Å². The van der Waals surface area contributed by atoms with E-state index in [0.717, 1.165) is 0 Å². The van der Waals surface area contributed by atoms with Gasteiger partial charge in [-0.05, 0) is 17.4 Å². The van der Waals surface area contributed by atoms with Crippen molar-refractivity contribution in [2.24, 2.45) is 0 Å².